The monoisotopic (exact) mass is 142 g/mol. The first-order chi connectivity index (χ1) is 4.91. The maximum absolute atomic E-state index is 9.65. The van der Waals surface area contributed by atoms with E-state index in [9.17, 15) is 4.79 Å². The molecule has 0 heterocycles. The molecule has 0 rings (SSSR count). The molecule has 0 bridgehead atoms. The van der Waals surface area contributed by atoms with Crippen LogP contribution in [0.3, 0.4) is 0 Å². The van der Waals surface area contributed by atoms with E-state index in [1.54, 1.807) is 0 Å². The third kappa shape index (κ3) is 7.21. The van der Waals surface area contributed by atoms with Gasteiger partial charge >= 0.3 is 0 Å². The lowest BCUT2D eigenvalue weighted by molar-refractivity contribution is -0.128. The summed E-state index contributed by atoms with van der Waals surface area (Å²) < 4.78 is 4.48. The van der Waals surface area contributed by atoms with Gasteiger partial charge in [0.25, 0.3) is 6.47 Å². The lowest BCUT2D eigenvalue weighted by Gasteiger charge is -1.90. The molecule has 0 aliphatic heterocycles. The van der Waals surface area contributed by atoms with E-state index in [1.807, 2.05) is 6.08 Å². The third-order valence-corrected chi connectivity index (χ3v) is 1.09. The van der Waals surface area contributed by atoms with Crippen molar-refractivity contribution >= 4 is 6.47 Å². The summed E-state index contributed by atoms with van der Waals surface area (Å²) >= 11 is 0. The fourth-order valence-electron chi connectivity index (χ4n) is 0.587. The van der Waals surface area contributed by atoms with Gasteiger partial charge in [0, 0.05) is 0 Å². The van der Waals surface area contributed by atoms with Crippen molar-refractivity contribution in [2.75, 3.05) is 6.61 Å². The first kappa shape index (κ1) is 9.21. The number of hydrogen-bond donors (Lipinski definition) is 0. The molecule has 0 aliphatic rings. The highest BCUT2D eigenvalue weighted by molar-refractivity contribution is 5.36. The van der Waals surface area contributed by atoms with E-state index in [0.717, 1.165) is 12.8 Å². The van der Waals surface area contributed by atoms with Gasteiger partial charge in [-0.15, -0.1) is 0 Å². The average molecular weight is 142 g/mol. The number of allylic oxidation sites excluding steroid dienone is 1. The van der Waals surface area contributed by atoms with Crippen LogP contribution in [0.15, 0.2) is 12.2 Å². The summed E-state index contributed by atoms with van der Waals surface area (Å²) in [7, 11) is 0. The van der Waals surface area contributed by atoms with Crippen LogP contribution in [0.4, 0.5) is 0 Å². The fraction of sp³-hybridized carbons (Fsp3) is 0.625. The highest BCUT2D eigenvalue weighted by Gasteiger charge is 1.78. The Balaban J connectivity index is 2.94. The Morgan fingerprint density at radius 1 is 1.30 bits per heavy atom. The summed E-state index contributed by atoms with van der Waals surface area (Å²) in [6.45, 7) is 3.11. The van der Waals surface area contributed by atoms with Crippen molar-refractivity contribution in [2.45, 2.75) is 26.2 Å². The van der Waals surface area contributed by atoms with Crippen molar-refractivity contribution in [1.82, 2.24) is 0 Å². The summed E-state index contributed by atoms with van der Waals surface area (Å²) in [5, 5.41) is 0. The van der Waals surface area contributed by atoms with Gasteiger partial charge in [-0.25, -0.2) is 0 Å². The SMILES string of the molecule is CCC/C=C/CCOC=O. The van der Waals surface area contributed by atoms with Crippen molar-refractivity contribution in [3.05, 3.63) is 12.2 Å². The Morgan fingerprint density at radius 2 is 2.00 bits per heavy atom. The molecule has 10 heavy (non-hydrogen) atoms. The van der Waals surface area contributed by atoms with E-state index in [1.165, 1.54) is 6.42 Å². The smallest absolute Gasteiger partial charge is 0.293 e. The standard InChI is InChI=1S/C8H14O2/c1-2-3-4-5-6-7-10-8-9/h4-5,8H,2-3,6-7H2,1H3/b5-4+. The van der Waals surface area contributed by atoms with Gasteiger partial charge in [-0.2, -0.15) is 0 Å². The summed E-state index contributed by atoms with van der Waals surface area (Å²) in [6, 6.07) is 0. The van der Waals surface area contributed by atoms with Gasteiger partial charge in [0.1, 0.15) is 0 Å². The van der Waals surface area contributed by atoms with Crippen molar-refractivity contribution in [3.63, 3.8) is 0 Å². The van der Waals surface area contributed by atoms with Crippen molar-refractivity contribution < 1.29 is 9.53 Å². The molecule has 2 nitrogen and oxygen atoms in total. The summed E-state index contributed by atoms with van der Waals surface area (Å²) in [5.41, 5.74) is 0. The minimum absolute atomic E-state index is 0.480. The molecule has 0 unspecified atom stereocenters. The number of carbonyl (C=O) groups is 1. The van der Waals surface area contributed by atoms with E-state index in [2.05, 4.69) is 17.7 Å². The highest BCUT2D eigenvalue weighted by atomic mass is 16.5. The van der Waals surface area contributed by atoms with Gasteiger partial charge in [0.05, 0.1) is 6.61 Å². The molecule has 0 fully saturated rings. The van der Waals surface area contributed by atoms with Crippen LogP contribution in [-0.2, 0) is 9.53 Å². The maximum Gasteiger partial charge on any atom is 0.293 e. The largest absolute Gasteiger partial charge is 0.468 e. The number of ether oxygens (including phenoxy) is 1. The molecule has 2 heteroatoms. The van der Waals surface area contributed by atoms with Gasteiger partial charge in [-0.05, 0) is 12.8 Å². The van der Waals surface area contributed by atoms with Crippen LogP contribution in [0.2, 0.25) is 0 Å². The zero-order valence-corrected chi connectivity index (χ0v) is 6.38. The Labute approximate surface area is 61.9 Å². The molecular weight excluding hydrogens is 128 g/mol. The molecule has 0 aromatic rings. The zero-order valence-electron chi connectivity index (χ0n) is 6.38. The number of rotatable bonds is 6. The minimum Gasteiger partial charge on any atom is -0.468 e. The van der Waals surface area contributed by atoms with Gasteiger partial charge in [0.2, 0.25) is 0 Å². The van der Waals surface area contributed by atoms with Crippen LogP contribution in [0.25, 0.3) is 0 Å². The second kappa shape index (κ2) is 8.21. The zero-order chi connectivity index (χ0) is 7.66. The normalized spacial score (nSPS) is 10.1. The number of hydrogen-bond acceptors (Lipinski definition) is 2. The van der Waals surface area contributed by atoms with Crippen LogP contribution in [0.1, 0.15) is 26.2 Å². The molecule has 0 atom stereocenters. The molecule has 0 saturated heterocycles. The van der Waals surface area contributed by atoms with Gasteiger partial charge in [0.15, 0.2) is 0 Å². The maximum atomic E-state index is 9.65. The van der Waals surface area contributed by atoms with E-state index in [4.69, 9.17) is 0 Å². The summed E-state index contributed by atoms with van der Waals surface area (Å²) in [6.07, 6.45) is 7.26. The lowest BCUT2D eigenvalue weighted by atomic mass is 10.3. The Hall–Kier alpha value is -0.790. The Kier molecular flexibility index (Phi) is 7.56. The molecule has 0 saturated carbocycles. The molecule has 0 aromatic carbocycles. The van der Waals surface area contributed by atoms with Crippen LogP contribution in [0, 0.1) is 0 Å². The van der Waals surface area contributed by atoms with Crippen LogP contribution < -0.4 is 0 Å². The summed E-state index contributed by atoms with van der Waals surface area (Å²) in [5.74, 6) is 0. The molecule has 0 amide bonds. The number of carbonyl (C=O) groups excluding carboxylic acids is 1. The van der Waals surface area contributed by atoms with Crippen molar-refractivity contribution in [1.29, 1.82) is 0 Å². The molecule has 0 N–H and O–H groups in total. The second-order valence-electron chi connectivity index (χ2n) is 2.02. The van der Waals surface area contributed by atoms with E-state index in [-0.39, 0.29) is 0 Å². The number of unbranched alkanes of at least 4 members (excludes halogenated alkanes) is 1. The second-order valence-corrected chi connectivity index (χ2v) is 2.02. The van der Waals surface area contributed by atoms with Crippen LogP contribution in [-0.4, -0.2) is 13.1 Å². The van der Waals surface area contributed by atoms with Gasteiger partial charge in [-0.1, -0.05) is 25.5 Å². The fourth-order valence-corrected chi connectivity index (χ4v) is 0.587. The molecule has 58 valence electrons. The topological polar surface area (TPSA) is 26.3 Å². The lowest BCUT2D eigenvalue weighted by Crippen LogP contribution is -1.87. The quantitative estimate of drug-likeness (QED) is 0.321. The molecule has 0 aliphatic carbocycles. The van der Waals surface area contributed by atoms with Gasteiger partial charge in [-0.3, -0.25) is 4.79 Å². The van der Waals surface area contributed by atoms with Gasteiger partial charge < -0.3 is 4.74 Å². The molecule has 0 radical (unpaired) electrons. The van der Waals surface area contributed by atoms with Crippen LogP contribution in [0.5, 0.6) is 0 Å². The van der Waals surface area contributed by atoms with E-state index < -0.39 is 0 Å². The summed E-state index contributed by atoms with van der Waals surface area (Å²) in [4.78, 5) is 9.65. The highest BCUT2D eigenvalue weighted by Crippen LogP contribution is 1.90. The van der Waals surface area contributed by atoms with E-state index >= 15 is 0 Å². The van der Waals surface area contributed by atoms with E-state index in [0.29, 0.717) is 13.1 Å². The minimum atomic E-state index is 0.480. The molecule has 0 spiro atoms. The Morgan fingerprint density at radius 3 is 2.60 bits per heavy atom. The van der Waals surface area contributed by atoms with Crippen molar-refractivity contribution in [3.8, 4) is 0 Å². The first-order valence-corrected chi connectivity index (χ1v) is 3.62. The molecular formula is C8H14O2. The predicted molar refractivity (Wildman–Crippen MR) is 40.7 cm³/mol. The van der Waals surface area contributed by atoms with Crippen LogP contribution >= 0.6 is 0 Å². The average Bonchev–Trinajstić information content (AvgIpc) is 1.97. The Bertz CT molecular complexity index is 97.4. The predicted octanol–water partition coefficient (Wildman–Crippen LogP) is 1.91. The molecule has 0 aromatic heterocycles. The van der Waals surface area contributed by atoms with Crippen molar-refractivity contribution in [2.24, 2.45) is 0 Å². The first-order valence-electron chi connectivity index (χ1n) is 3.62. The third-order valence-electron chi connectivity index (χ3n) is 1.09.